The predicted molar refractivity (Wildman–Crippen MR) is 119 cm³/mol. The fourth-order valence-electron chi connectivity index (χ4n) is 3.66. The summed E-state index contributed by atoms with van der Waals surface area (Å²) in [6.07, 6.45) is 0. The van der Waals surface area contributed by atoms with Crippen LogP contribution in [0.25, 0.3) is 0 Å². The van der Waals surface area contributed by atoms with Crippen LogP contribution in [0.5, 0.6) is 0 Å². The Hall–Kier alpha value is -2.34. The molecule has 3 rings (SSSR count). The molecular weight excluding hydrogens is 384 g/mol. The van der Waals surface area contributed by atoms with Crippen LogP contribution in [0.15, 0.2) is 42.5 Å². The zero-order valence-corrected chi connectivity index (χ0v) is 18.7. The van der Waals surface area contributed by atoms with Gasteiger partial charge in [0.15, 0.2) is 0 Å². The van der Waals surface area contributed by atoms with Crippen molar-refractivity contribution in [1.82, 2.24) is 0 Å². The standard InChI is InChI=1S/C23H30N2O3S/c1-14-15(2)20-12-11-19(13-21(20)16(14)3)24-22(26)17-7-9-18(10-8-17)25-29(27,28)23(4,5)6/h7-16,25H,1-6H3,(H,24,26). The molecule has 2 aromatic rings. The van der Waals surface area contributed by atoms with E-state index in [-0.39, 0.29) is 5.91 Å². The monoisotopic (exact) mass is 414 g/mol. The summed E-state index contributed by atoms with van der Waals surface area (Å²) in [6.45, 7) is 11.7. The Bertz CT molecular complexity index is 1020. The molecule has 0 spiro atoms. The first kappa shape index (κ1) is 21.4. The maximum Gasteiger partial charge on any atom is 0.255 e. The van der Waals surface area contributed by atoms with Gasteiger partial charge in [0, 0.05) is 16.9 Å². The fourth-order valence-corrected chi connectivity index (χ4v) is 4.41. The van der Waals surface area contributed by atoms with Gasteiger partial charge in [-0.2, -0.15) is 0 Å². The molecule has 2 N–H and O–H groups in total. The molecule has 0 bridgehead atoms. The maximum absolute atomic E-state index is 12.6. The summed E-state index contributed by atoms with van der Waals surface area (Å²) in [5.41, 5.74) is 4.34. The van der Waals surface area contributed by atoms with Gasteiger partial charge in [0.05, 0.1) is 4.75 Å². The average Bonchev–Trinajstić information content (AvgIpc) is 2.85. The van der Waals surface area contributed by atoms with Crippen molar-refractivity contribution in [2.45, 2.75) is 58.1 Å². The zero-order valence-electron chi connectivity index (χ0n) is 17.9. The van der Waals surface area contributed by atoms with Crippen molar-refractivity contribution >= 4 is 27.3 Å². The lowest BCUT2D eigenvalue weighted by Gasteiger charge is -2.20. The van der Waals surface area contributed by atoms with Crippen molar-refractivity contribution in [3.05, 3.63) is 59.2 Å². The Balaban J connectivity index is 1.73. The highest BCUT2D eigenvalue weighted by molar-refractivity contribution is 7.94. The highest BCUT2D eigenvalue weighted by atomic mass is 32.2. The molecule has 0 radical (unpaired) electrons. The number of amides is 1. The molecular formula is C23H30N2O3S. The van der Waals surface area contributed by atoms with E-state index < -0.39 is 14.8 Å². The maximum atomic E-state index is 12.6. The smallest absolute Gasteiger partial charge is 0.255 e. The minimum Gasteiger partial charge on any atom is -0.322 e. The van der Waals surface area contributed by atoms with Crippen LogP contribution in [0.1, 0.15) is 74.9 Å². The van der Waals surface area contributed by atoms with Gasteiger partial charge in [0.1, 0.15) is 0 Å². The first-order chi connectivity index (χ1) is 13.4. The molecule has 2 aromatic carbocycles. The number of carbonyl (C=O) groups is 1. The molecule has 0 fully saturated rings. The van der Waals surface area contributed by atoms with Crippen LogP contribution in [0, 0.1) is 5.92 Å². The molecule has 5 nitrogen and oxygen atoms in total. The van der Waals surface area contributed by atoms with Crippen LogP contribution in [0.2, 0.25) is 0 Å². The van der Waals surface area contributed by atoms with E-state index >= 15 is 0 Å². The number of nitrogens with one attached hydrogen (secondary N) is 2. The summed E-state index contributed by atoms with van der Waals surface area (Å²) < 4.78 is 26.2. The molecule has 156 valence electrons. The molecule has 0 heterocycles. The quantitative estimate of drug-likeness (QED) is 0.709. The van der Waals surface area contributed by atoms with Gasteiger partial charge < -0.3 is 5.32 Å². The van der Waals surface area contributed by atoms with Gasteiger partial charge in [-0.25, -0.2) is 8.42 Å². The van der Waals surface area contributed by atoms with Gasteiger partial charge in [-0.05, 0) is 86.1 Å². The van der Waals surface area contributed by atoms with E-state index in [0.29, 0.717) is 29.0 Å². The third-order valence-corrected chi connectivity index (χ3v) is 8.23. The van der Waals surface area contributed by atoms with Crippen LogP contribution in [0.4, 0.5) is 11.4 Å². The molecule has 1 aliphatic rings. The molecule has 3 unspecified atom stereocenters. The van der Waals surface area contributed by atoms with Crippen LogP contribution in [-0.2, 0) is 10.0 Å². The van der Waals surface area contributed by atoms with Gasteiger partial charge in [0.2, 0.25) is 10.0 Å². The average molecular weight is 415 g/mol. The Labute approximate surface area is 174 Å². The summed E-state index contributed by atoms with van der Waals surface area (Å²) in [7, 11) is -3.50. The highest BCUT2D eigenvalue weighted by Gasteiger charge is 2.32. The molecule has 6 heteroatoms. The van der Waals surface area contributed by atoms with E-state index in [0.717, 1.165) is 5.69 Å². The molecule has 0 aliphatic heterocycles. The second-order valence-corrected chi connectivity index (χ2v) is 11.5. The number of sulfonamides is 1. The molecule has 0 aromatic heterocycles. The number of carbonyl (C=O) groups excluding carboxylic acids is 1. The number of anilines is 2. The Morgan fingerprint density at radius 3 is 2.00 bits per heavy atom. The minimum absolute atomic E-state index is 0.220. The van der Waals surface area contributed by atoms with Crippen LogP contribution >= 0.6 is 0 Å². The van der Waals surface area contributed by atoms with E-state index in [1.54, 1.807) is 45.0 Å². The predicted octanol–water partition coefficient (Wildman–Crippen LogP) is 5.34. The van der Waals surface area contributed by atoms with Gasteiger partial charge >= 0.3 is 0 Å². The topological polar surface area (TPSA) is 75.3 Å². The molecule has 3 atom stereocenters. The first-order valence-corrected chi connectivity index (χ1v) is 11.5. The van der Waals surface area contributed by atoms with Crippen molar-refractivity contribution in [1.29, 1.82) is 0 Å². The Morgan fingerprint density at radius 2 is 1.41 bits per heavy atom. The van der Waals surface area contributed by atoms with E-state index in [2.05, 4.69) is 42.9 Å². The molecule has 0 saturated heterocycles. The SMILES string of the molecule is CC1c2ccc(NC(=O)c3ccc(NS(=O)(=O)C(C)(C)C)cc3)cc2C(C)C1C. The summed E-state index contributed by atoms with van der Waals surface area (Å²) in [4.78, 5) is 12.6. The van der Waals surface area contributed by atoms with E-state index in [1.807, 2.05) is 6.07 Å². The second-order valence-electron chi connectivity index (χ2n) is 9.03. The Morgan fingerprint density at radius 1 is 0.862 bits per heavy atom. The van der Waals surface area contributed by atoms with Crippen LogP contribution < -0.4 is 10.0 Å². The molecule has 29 heavy (non-hydrogen) atoms. The minimum atomic E-state index is -3.50. The summed E-state index contributed by atoms with van der Waals surface area (Å²) in [5, 5.41) is 2.95. The molecule has 1 aliphatic carbocycles. The second kappa shape index (κ2) is 7.48. The van der Waals surface area contributed by atoms with Gasteiger partial charge in [0.25, 0.3) is 5.91 Å². The largest absolute Gasteiger partial charge is 0.322 e. The van der Waals surface area contributed by atoms with Crippen LogP contribution in [0.3, 0.4) is 0 Å². The van der Waals surface area contributed by atoms with Crippen molar-refractivity contribution in [2.24, 2.45) is 5.92 Å². The van der Waals surface area contributed by atoms with Gasteiger partial charge in [-0.3, -0.25) is 9.52 Å². The van der Waals surface area contributed by atoms with Gasteiger partial charge in [-0.1, -0.05) is 26.8 Å². The lowest BCUT2D eigenvalue weighted by atomic mass is 9.91. The third-order valence-electron chi connectivity index (χ3n) is 6.11. The van der Waals surface area contributed by atoms with Crippen molar-refractivity contribution in [3.8, 4) is 0 Å². The van der Waals surface area contributed by atoms with Crippen molar-refractivity contribution in [3.63, 3.8) is 0 Å². The number of rotatable bonds is 4. The normalized spacial score (nSPS) is 21.5. The van der Waals surface area contributed by atoms with Gasteiger partial charge in [-0.15, -0.1) is 0 Å². The number of fused-ring (bicyclic) bond motifs is 1. The third kappa shape index (κ3) is 4.17. The van der Waals surface area contributed by atoms with Crippen molar-refractivity contribution in [2.75, 3.05) is 10.0 Å². The fraction of sp³-hybridized carbons (Fsp3) is 0.435. The van der Waals surface area contributed by atoms with E-state index in [4.69, 9.17) is 0 Å². The summed E-state index contributed by atoms with van der Waals surface area (Å²) in [6, 6.07) is 12.6. The Kier molecular flexibility index (Phi) is 5.52. The lowest BCUT2D eigenvalue weighted by Crippen LogP contribution is -2.33. The van der Waals surface area contributed by atoms with Crippen LogP contribution in [-0.4, -0.2) is 19.1 Å². The zero-order chi connectivity index (χ0) is 21.6. The first-order valence-electron chi connectivity index (χ1n) is 9.98. The summed E-state index contributed by atoms with van der Waals surface area (Å²) >= 11 is 0. The summed E-state index contributed by atoms with van der Waals surface area (Å²) in [5.74, 6) is 1.35. The number of hydrogen-bond acceptors (Lipinski definition) is 3. The van der Waals surface area contributed by atoms with E-state index in [9.17, 15) is 13.2 Å². The lowest BCUT2D eigenvalue weighted by molar-refractivity contribution is 0.102. The number of benzene rings is 2. The van der Waals surface area contributed by atoms with E-state index in [1.165, 1.54) is 11.1 Å². The molecule has 1 amide bonds. The highest BCUT2D eigenvalue weighted by Crippen LogP contribution is 2.46. The number of hydrogen-bond donors (Lipinski definition) is 2. The van der Waals surface area contributed by atoms with Crippen molar-refractivity contribution < 1.29 is 13.2 Å². The molecule has 0 saturated carbocycles.